The first-order valence-electron chi connectivity index (χ1n) is 17.5. The molecule has 0 radical (unpaired) electrons. The van der Waals surface area contributed by atoms with Crippen molar-refractivity contribution in [1.29, 1.82) is 0 Å². The topological polar surface area (TPSA) is 301 Å². The van der Waals surface area contributed by atoms with Crippen molar-refractivity contribution in [3.8, 4) is 0 Å². The number of nitrogens with two attached hydrogens (primary N) is 2. The van der Waals surface area contributed by atoms with Crippen LogP contribution in [0.2, 0.25) is 0 Å². The minimum atomic E-state index is -1.73. The summed E-state index contributed by atoms with van der Waals surface area (Å²) in [5.41, 5.74) is 12.0. The first kappa shape index (κ1) is 45.9. The summed E-state index contributed by atoms with van der Waals surface area (Å²) in [5.74, 6) is -8.56. The van der Waals surface area contributed by atoms with Gasteiger partial charge in [0, 0.05) is 12.5 Å². The Morgan fingerprint density at radius 3 is 1.77 bits per heavy atom. The van der Waals surface area contributed by atoms with Crippen molar-refractivity contribution in [3.05, 3.63) is 35.9 Å². The van der Waals surface area contributed by atoms with Gasteiger partial charge in [0.15, 0.2) is 0 Å². The summed E-state index contributed by atoms with van der Waals surface area (Å²) in [6.45, 7) is 8.32. The fourth-order valence-electron chi connectivity index (χ4n) is 5.46. The first-order valence-corrected chi connectivity index (χ1v) is 17.5. The third-order valence-corrected chi connectivity index (χ3v) is 8.09. The molecule has 0 aliphatic rings. The van der Waals surface area contributed by atoms with Gasteiger partial charge in [0.1, 0.15) is 30.2 Å². The highest BCUT2D eigenvalue weighted by atomic mass is 16.4. The van der Waals surface area contributed by atoms with Gasteiger partial charge < -0.3 is 53.0 Å². The molecule has 0 aromatic heterocycles. The van der Waals surface area contributed by atoms with Crippen LogP contribution in [0.15, 0.2) is 30.3 Å². The van der Waals surface area contributed by atoms with Crippen molar-refractivity contribution in [2.24, 2.45) is 17.4 Å². The Morgan fingerprint density at radius 2 is 1.26 bits per heavy atom. The minimum Gasteiger partial charge on any atom is -0.481 e. The average molecular weight is 750 g/mol. The normalized spacial score (nSPS) is 14.5. The SMILES string of the molecule is CC(C)C[C@H](NC(=O)[C@H](Cc1ccccc1)NC(=O)[C@H](C)NC(=O)[C@H](CCCCN)N(C(=O)[C@H](CC(=O)O)NC(=O)[C@@H](N)CC(=O)O)C(C)C)C(=O)O. The number of unbranched alkanes of at least 4 members (excludes halogenated alkanes) is 1. The maximum absolute atomic E-state index is 13.9. The first-order chi connectivity index (χ1) is 24.8. The summed E-state index contributed by atoms with van der Waals surface area (Å²) in [4.78, 5) is 103. The summed E-state index contributed by atoms with van der Waals surface area (Å²) in [5, 5.41) is 38.1. The lowest BCUT2D eigenvalue weighted by Gasteiger charge is -2.37. The van der Waals surface area contributed by atoms with Gasteiger partial charge >= 0.3 is 17.9 Å². The predicted molar refractivity (Wildman–Crippen MR) is 192 cm³/mol. The molecule has 0 aliphatic heterocycles. The molecule has 296 valence electrons. The number of carboxylic acid groups (broad SMARTS) is 3. The Morgan fingerprint density at radius 1 is 0.698 bits per heavy atom. The van der Waals surface area contributed by atoms with E-state index in [-0.39, 0.29) is 31.7 Å². The Kier molecular flexibility index (Phi) is 19.7. The van der Waals surface area contributed by atoms with Crippen molar-refractivity contribution in [1.82, 2.24) is 26.2 Å². The molecule has 5 amide bonds. The number of carboxylic acids is 3. The average Bonchev–Trinajstić information content (AvgIpc) is 3.06. The van der Waals surface area contributed by atoms with Gasteiger partial charge in [-0.25, -0.2) is 4.79 Å². The monoisotopic (exact) mass is 749 g/mol. The van der Waals surface area contributed by atoms with Crippen molar-refractivity contribution < 1.29 is 53.7 Å². The van der Waals surface area contributed by atoms with Gasteiger partial charge in [0.2, 0.25) is 29.5 Å². The molecule has 0 saturated heterocycles. The standard InChI is InChI=1S/C35H55N7O11/c1-19(2)15-26(35(52)53)41-32(49)24(16-22-11-7-6-8-12-22)39-30(47)21(5)38-33(50)27(13-9-10-14-36)42(20(3)4)34(51)25(18-29(45)46)40-31(48)23(37)17-28(43)44/h6-8,11-12,19-21,23-27H,9-10,13-18,36-37H2,1-5H3,(H,38,50)(H,39,47)(H,40,48)(H,41,49)(H,43,44)(H,45,46)(H,52,53)/t21-,23-,24-,25-,26-,27-/m0/s1. The fourth-order valence-corrected chi connectivity index (χ4v) is 5.46. The van der Waals surface area contributed by atoms with Crippen LogP contribution in [0.5, 0.6) is 0 Å². The second-order valence-corrected chi connectivity index (χ2v) is 13.5. The number of hydrogen-bond donors (Lipinski definition) is 9. The molecule has 18 nitrogen and oxygen atoms in total. The highest BCUT2D eigenvalue weighted by molar-refractivity contribution is 5.97. The van der Waals surface area contributed by atoms with E-state index in [4.69, 9.17) is 16.6 Å². The summed E-state index contributed by atoms with van der Waals surface area (Å²) in [6.07, 6.45) is -0.744. The van der Waals surface area contributed by atoms with Gasteiger partial charge in [-0.1, -0.05) is 44.2 Å². The van der Waals surface area contributed by atoms with E-state index in [2.05, 4.69) is 21.3 Å². The number of nitrogens with zero attached hydrogens (tertiary/aromatic N) is 1. The molecule has 0 spiro atoms. The van der Waals surface area contributed by atoms with Gasteiger partial charge in [-0.15, -0.1) is 0 Å². The van der Waals surface area contributed by atoms with Crippen LogP contribution in [0.3, 0.4) is 0 Å². The van der Waals surface area contributed by atoms with E-state index < -0.39 is 103 Å². The van der Waals surface area contributed by atoms with Crippen LogP contribution in [0, 0.1) is 5.92 Å². The minimum absolute atomic E-state index is 0.00273. The molecule has 0 aliphatic carbocycles. The van der Waals surface area contributed by atoms with Crippen LogP contribution in [0.1, 0.15) is 78.7 Å². The van der Waals surface area contributed by atoms with Crippen molar-refractivity contribution in [2.45, 2.75) is 122 Å². The van der Waals surface area contributed by atoms with Gasteiger partial charge in [-0.2, -0.15) is 0 Å². The third kappa shape index (κ3) is 16.4. The van der Waals surface area contributed by atoms with Crippen LogP contribution in [-0.4, -0.2) is 117 Å². The molecule has 53 heavy (non-hydrogen) atoms. The smallest absolute Gasteiger partial charge is 0.326 e. The Balaban J connectivity index is 3.37. The lowest BCUT2D eigenvalue weighted by Crippen LogP contribution is -2.61. The van der Waals surface area contributed by atoms with Crippen LogP contribution in [0.4, 0.5) is 0 Å². The Bertz CT molecular complexity index is 1420. The molecule has 0 bridgehead atoms. The molecule has 0 saturated carbocycles. The maximum atomic E-state index is 13.9. The number of rotatable bonds is 24. The van der Waals surface area contributed by atoms with Crippen molar-refractivity contribution >= 4 is 47.4 Å². The number of aliphatic carboxylic acids is 3. The van der Waals surface area contributed by atoms with Gasteiger partial charge in [-0.3, -0.25) is 33.6 Å². The van der Waals surface area contributed by atoms with Crippen LogP contribution < -0.4 is 32.7 Å². The number of amides is 5. The number of nitrogens with one attached hydrogen (secondary N) is 4. The second-order valence-electron chi connectivity index (χ2n) is 13.5. The van der Waals surface area contributed by atoms with Crippen LogP contribution >= 0.6 is 0 Å². The summed E-state index contributed by atoms with van der Waals surface area (Å²) >= 11 is 0. The van der Waals surface area contributed by atoms with E-state index >= 15 is 0 Å². The second kappa shape index (κ2) is 22.8. The molecule has 1 aromatic carbocycles. The molecule has 0 fully saturated rings. The van der Waals surface area contributed by atoms with E-state index in [1.807, 2.05) is 0 Å². The van der Waals surface area contributed by atoms with Gasteiger partial charge in [0.25, 0.3) is 0 Å². The molecule has 18 heteroatoms. The molecule has 0 heterocycles. The number of hydrogen-bond acceptors (Lipinski definition) is 10. The number of carbonyl (C=O) groups is 8. The summed E-state index contributed by atoms with van der Waals surface area (Å²) in [7, 11) is 0. The molecule has 1 aromatic rings. The van der Waals surface area contributed by atoms with E-state index in [0.29, 0.717) is 18.4 Å². The van der Waals surface area contributed by atoms with Gasteiger partial charge in [0.05, 0.1) is 18.9 Å². The van der Waals surface area contributed by atoms with E-state index in [9.17, 15) is 48.6 Å². The summed E-state index contributed by atoms with van der Waals surface area (Å²) in [6, 6.07) is -0.411. The largest absolute Gasteiger partial charge is 0.481 e. The third-order valence-electron chi connectivity index (χ3n) is 8.09. The molecule has 0 unspecified atom stereocenters. The van der Waals surface area contributed by atoms with Crippen molar-refractivity contribution in [2.75, 3.05) is 6.54 Å². The van der Waals surface area contributed by atoms with E-state index in [1.165, 1.54) is 6.92 Å². The molecular formula is C35H55N7O11. The highest BCUT2D eigenvalue weighted by Gasteiger charge is 2.38. The zero-order valence-corrected chi connectivity index (χ0v) is 30.9. The maximum Gasteiger partial charge on any atom is 0.326 e. The van der Waals surface area contributed by atoms with Crippen molar-refractivity contribution in [3.63, 3.8) is 0 Å². The van der Waals surface area contributed by atoms with Crippen LogP contribution in [-0.2, 0) is 44.8 Å². The quantitative estimate of drug-likeness (QED) is 0.0594. The Labute approximate surface area is 308 Å². The predicted octanol–water partition coefficient (Wildman–Crippen LogP) is -0.670. The molecule has 1 rings (SSSR count). The van der Waals surface area contributed by atoms with E-state index in [1.54, 1.807) is 58.0 Å². The lowest BCUT2D eigenvalue weighted by atomic mass is 10.0. The Hall–Kier alpha value is -5.10. The lowest BCUT2D eigenvalue weighted by molar-refractivity contribution is -0.149. The fraction of sp³-hybridized carbons (Fsp3) is 0.600. The van der Waals surface area contributed by atoms with Crippen LogP contribution in [0.25, 0.3) is 0 Å². The summed E-state index contributed by atoms with van der Waals surface area (Å²) < 4.78 is 0. The zero-order chi connectivity index (χ0) is 40.4. The zero-order valence-electron chi connectivity index (χ0n) is 30.9. The van der Waals surface area contributed by atoms with Gasteiger partial charge in [-0.05, 0) is 64.5 Å². The number of benzene rings is 1. The molecular weight excluding hydrogens is 694 g/mol. The molecule has 6 atom stereocenters. The molecule has 11 N–H and O–H groups in total. The highest BCUT2D eigenvalue weighted by Crippen LogP contribution is 2.17. The number of carbonyl (C=O) groups excluding carboxylic acids is 5. The van der Waals surface area contributed by atoms with E-state index in [0.717, 1.165) is 4.90 Å².